The van der Waals surface area contributed by atoms with Crippen LogP contribution in [0.5, 0.6) is 0 Å². The van der Waals surface area contributed by atoms with E-state index in [1.807, 2.05) is 37.3 Å². The molecule has 110 valence electrons. The highest BCUT2D eigenvalue weighted by atomic mass is 16.3. The minimum Gasteiger partial charge on any atom is -0.396 e. The van der Waals surface area contributed by atoms with E-state index in [1.165, 1.54) is 0 Å². The van der Waals surface area contributed by atoms with E-state index in [4.69, 9.17) is 5.11 Å². The fourth-order valence-electron chi connectivity index (χ4n) is 2.26. The first-order valence-electron chi connectivity index (χ1n) is 7.10. The Kier molecular flexibility index (Phi) is 5.46. The predicted octanol–water partition coefficient (Wildman–Crippen LogP) is 2.63. The van der Waals surface area contributed by atoms with Gasteiger partial charge in [-0.1, -0.05) is 30.3 Å². The normalized spacial score (nSPS) is 11.9. The molecule has 0 spiro atoms. The van der Waals surface area contributed by atoms with Crippen LogP contribution in [-0.4, -0.2) is 22.6 Å². The topological polar surface area (TPSA) is 62.2 Å². The number of rotatable bonds is 6. The number of hydrogen-bond acceptors (Lipinski definition) is 3. The van der Waals surface area contributed by atoms with E-state index in [0.29, 0.717) is 24.1 Å². The number of aliphatic hydroxyl groups excluding tert-OH is 1. The molecule has 0 aliphatic heterocycles. The van der Waals surface area contributed by atoms with Gasteiger partial charge in [0.25, 0.3) is 5.91 Å². The van der Waals surface area contributed by atoms with Crippen molar-refractivity contribution in [3.63, 3.8) is 0 Å². The molecule has 21 heavy (non-hydrogen) atoms. The third-order valence-corrected chi connectivity index (χ3v) is 3.41. The van der Waals surface area contributed by atoms with E-state index in [-0.39, 0.29) is 18.6 Å². The Labute approximate surface area is 124 Å². The van der Waals surface area contributed by atoms with Crippen molar-refractivity contribution >= 4 is 5.91 Å². The van der Waals surface area contributed by atoms with Crippen LogP contribution in [0.2, 0.25) is 0 Å². The Hall–Kier alpha value is -2.20. The Balaban J connectivity index is 2.15. The first kappa shape index (κ1) is 15.2. The number of carbonyl (C=O) groups excluding carboxylic acids is 1. The molecular weight excluding hydrogens is 264 g/mol. The number of aliphatic hydroxyl groups is 1. The van der Waals surface area contributed by atoms with Gasteiger partial charge in [0, 0.05) is 18.5 Å². The highest BCUT2D eigenvalue weighted by molar-refractivity contribution is 5.95. The lowest BCUT2D eigenvalue weighted by Gasteiger charge is -2.19. The van der Waals surface area contributed by atoms with E-state index in [9.17, 15) is 4.79 Å². The summed E-state index contributed by atoms with van der Waals surface area (Å²) in [5.41, 5.74) is 2.34. The van der Waals surface area contributed by atoms with Gasteiger partial charge >= 0.3 is 0 Å². The van der Waals surface area contributed by atoms with Crippen LogP contribution < -0.4 is 5.32 Å². The number of aryl methyl sites for hydroxylation is 1. The van der Waals surface area contributed by atoms with E-state index in [0.717, 1.165) is 5.56 Å². The number of nitrogens with one attached hydrogen (secondary N) is 1. The van der Waals surface area contributed by atoms with Crippen molar-refractivity contribution in [3.8, 4) is 0 Å². The SMILES string of the molecule is Cc1ncccc1C(=O)NC(CCCO)c1ccccc1. The summed E-state index contributed by atoms with van der Waals surface area (Å²) in [6, 6.07) is 13.2. The lowest BCUT2D eigenvalue weighted by molar-refractivity contribution is 0.0931. The van der Waals surface area contributed by atoms with Crippen LogP contribution in [0.4, 0.5) is 0 Å². The van der Waals surface area contributed by atoms with E-state index in [1.54, 1.807) is 18.3 Å². The molecule has 0 aliphatic rings. The van der Waals surface area contributed by atoms with Crippen molar-refractivity contribution in [1.82, 2.24) is 10.3 Å². The predicted molar refractivity (Wildman–Crippen MR) is 81.9 cm³/mol. The molecule has 1 aromatic carbocycles. The lowest BCUT2D eigenvalue weighted by Crippen LogP contribution is -2.29. The zero-order valence-electron chi connectivity index (χ0n) is 12.1. The maximum atomic E-state index is 12.4. The summed E-state index contributed by atoms with van der Waals surface area (Å²) in [6.07, 6.45) is 3.02. The van der Waals surface area contributed by atoms with Gasteiger partial charge in [-0.05, 0) is 37.5 Å². The molecule has 4 heteroatoms. The van der Waals surface area contributed by atoms with Crippen LogP contribution in [0.1, 0.15) is 40.5 Å². The lowest BCUT2D eigenvalue weighted by atomic mass is 10.0. The molecule has 1 heterocycles. The van der Waals surface area contributed by atoms with Crippen molar-refractivity contribution in [3.05, 3.63) is 65.5 Å². The Morgan fingerprint density at radius 3 is 2.67 bits per heavy atom. The second-order valence-corrected chi connectivity index (χ2v) is 4.94. The molecule has 0 aliphatic carbocycles. The van der Waals surface area contributed by atoms with Gasteiger partial charge in [0.15, 0.2) is 0 Å². The molecule has 4 nitrogen and oxygen atoms in total. The zero-order chi connectivity index (χ0) is 15.1. The van der Waals surface area contributed by atoms with E-state index >= 15 is 0 Å². The second-order valence-electron chi connectivity index (χ2n) is 4.94. The Morgan fingerprint density at radius 2 is 2.00 bits per heavy atom. The van der Waals surface area contributed by atoms with Gasteiger partial charge in [-0.2, -0.15) is 0 Å². The Morgan fingerprint density at radius 1 is 1.24 bits per heavy atom. The quantitative estimate of drug-likeness (QED) is 0.857. The highest BCUT2D eigenvalue weighted by Crippen LogP contribution is 2.19. The minimum atomic E-state index is -0.132. The zero-order valence-corrected chi connectivity index (χ0v) is 12.1. The van der Waals surface area contributed by atoms with Crippen LogP contribution in [-0.2, 0) is 0 Å². The molecule has 0 fully saturated rings. The van der Waals surface area contributed by atoms with Gasteiger partial charge in [0.1, 0.15) is 0 Å². The van der Waals surface area contributed by atoms with Crippen molar-refractivity contribution < 1.29 is 9.90 Å². The number of hydrogen-bond donors (Lipinski definition) is 2. The van der Waals surface area contributed by atoms with Gasteiger partial charge in [-0.3, -0.25) is 9.78 Å². The van der Waals surface area contributed by atoms with Crippen molar-refractivity contribution in [2.24, 2.45) is 0 Å². The fourth-order valence-corrected chi connectivity index (χ4v) is 2.26. The summed E-state index contributed by atoms with van der Waals surface area (Å²) in [4.78, 5) is 16.5. The first-order valence-corrected chi connectivity index (χ1v) is 7.10. The monoisotopic (exact) mass is 284 g/mol. The van der Waals surface area contributed by atoms with Crippen LogP contribution in [0.25, 0.3) is 0 Å². The standard InChI is InChI=1S/C17H20N2O2/c1-13-15(9-5-11-18-13)17(21)19-16(10-6-12-20)14-7-3-2-4-8-14/h2-5,7-9,11,16,20H,6,10,12H2,1H3,(H,19,21). The second kappa shape index (κ2) is 7.55. The third kappa shape index (κ3) is 4.13. The number of pyridine rings is 1. The smallest absolute Gasteiger partial charge is 0.253 e. The summed E-state index contributed by atoms with van der Waals surface area (Å²) in [5.74, 6) is -0.132. The van der Waals surface area contributed by atoms with Gasteiger partial charge in [0.2, 0.25) is 0 Å². The van der Waals surface area contributed by atoms with Crippen molar-refractivity contribution in [2.75, 3.05) is 6.61 Å². The summed E-state index contributed by atoms with van der Waals surface area (Å²) in [5, 5.41) is 12.1. The van der Waals surface area contributed by atoms with Crippen molar-refractivity contribution in [1.29, 1.82) is 0 Å². The molecule has 0 bridgehead atoms. The number of benzene rings is 1. The summed E-state index contributed by atoms with van der Waals surface area (Å²) < 4.78 is 0. The van der Waals surface area contributed by atoms with Crippen LogP contribution >= 0.6 is 0 Å². The fraction of sp³-hybridized carbons (Fsp3) is 0.294. The highest BCUT2D eigenvalue weighted by Gasteiger charge is 2.16. The third-order valence-electron chi connectivity index (χ3n) is 3.41. The summed E-state index contributed by atoms with van der Waals surface area (Å²) in [7, 11) is 0. The molecule has 1 unspecified atom stereocenters. The van der Waals surface area contributed by atoms with E-state index in [2.05, 4.69) is 10.3 Å². The molecule has 1 atom stereocenters. The van der Waals surface area contributed by atoms with Gasteiger partial charge in [-0.15, -0.1) is 0 Å². The average molecular weight is 284 g/mol. The van der Waals surface area contributed by atoms with Crippen molar-refractivity contribution in [2.45, 2.75) is 25.8 Å². The molecule has 0 saturated heterocycles. The molecular formula is C17H20N2O2. The number of aromatic nitrogens is 1. The maximum absolute atomic E-state index is 12.4. The van der Waals surface area contributed by atoms with Gasteiger partial charge in [-0.25, -0.2) is 0 Å². The summed E-state index contributed by atoms with van der Waals surface area (Å²) >= 11 is 0. The van der Waals surface area contributed by atoms with Crippen LogP contribution in [0.3, 0.4) is 0 Å². The minimum absolute atomic E-state index is 0.106. The van der Waals surface area contributed by atoms with Crippen LogP contribution in [0.15, 0.2) is 48.7 Å². The molecule has 2 N–H and O–H groups in total. The molecule has 2 aromatic rings. The molecule has 1 aromatic heterocycles. The molecule has 1 amide bonds. The Bertz CT molecular complexity index is 584. The van der Waals surface area contributed by atoms with Crippen LogP contribution in [0, 0.1) is 6.92 Å². The molecule has 2 rings (SSSR count). The molecule has 0 radical (unpaired) electrons. The largest absolute Gasteiger partial charge is 0.396 e. The number of amides is 1. The van der Waals surface area contributed by atoms with Gasteiger partial charge in [0.05, 0.1) is 11.6 Å². The first-order chi connectivity index (χ1) is 10.2. The maximum Gasteiger partial charge on any atom is 0.253 e. The average Bonchev–Trinajstić information content (AvgIpc) is 2.52. The summed E-state index contributed by atoms with van der Waals surface area (Å²) in [6.45, 7) is 1.94. The number of carbonyl (C=O) groups is 1. The van der Waals surface area contributed by atoms with Gasteiger partial charge < -0.3 is 10.4 Å². The molecule has 0 saturated carbocycles. The number of nitrogens with zero attached hydrogens (tertiary/aromatic N) is 1. The van der Waals surface area contributed by atoms with E-state index < -0.39 is 0 Å².